The van der Waals surface area contributed by atoms with Crippen LogP contribution in [0, 0.1) is 11.6 Å². The van der Waals surface area contributed by atoms with Crippen molar-refractivity contribution in [2.24, 2.45) is 0 Å². The molecule has 2 amide bonds. The molecule has 3 rings (SSSR count). The van der Waals surface area contributed by atoms with Gasteiger partial charge in [0.05, 0.1) is 17.8 Å². The first-order chi connectivity index (χ1) is 18.9. The van der Waals surface area contributed by atoms with Crippen molar-refractivity contribution >= 4 is 28.3 Å². The molecule has 1 aromatic heterocycles. The zero-order valence-corrected chi connectivity index (χ0v) is 24.2. The molecule has 1 heterocycles. The largest absolute Gasteiger partial charge is 0.390 e. The van der Waals surface area contributed by atoms with Crippen molar-refractivity contribution < 1.29 is 23.5 Å². The minimum Gasteiger partial charge on any atom is -0.390 e. The van der Waals surface area contributed by atoms with Crippen LogP contribution in [0.1, 0.15) is 62.9 Å². The number of anilines is 1. The molecule has 3 aromatic rings. The maximum Gasteiger partial charge on any atom is 0.226 e. The summed E-state index contributed by atoms with van der Waals surface area (Å²) >= 11 is 1.32. The molecule has 40 heavy (non-hydrogen) atoms. The summed E-state index contributed by atoms with van der Waals surface area (Å²) in [6.07, 6.45) is -0.338. The molecule has 0 fully saturated rings. The van der Waals surface area contributed by atoms with Gasteiger partial charge in [0.2, 0.25) is 11.8 Å². The molecule has 0 aliphatic carbocycles. The first-order valence-corrected chi connectivity index (χ1v) is 14.3. The van der Waals surface area contributed by atoms with E-state index in [1.54, 1.807) is 0 Å². The topological polar surface area (TPSA) is 103 Å². The number of aryl methyl sites for hydroxylation is 1. The number of rotatable bonds is 13. The molecule has 2 atom stereocenters. The number of carbonyl (C=O) groups is 2. The number of carbonyl (C=O) groups excluding carboxylic acids is 2. The predicted octanol–water partition coefficient (Wildman–Crippen LogP) is 4.88. The summed E-state index contributed by atoms with van der Waals surface area (Å²) in [6, 6.07) is 10.4. The van der Waals surface area contributed by atoms with Crippen LogP contribution in [-0.4, -0.2) is 40.6 Å². The Morgan fingerprint density at radius 3 is 2.33 bits per heavy atom. The van der Waals surface area contributed by atoms with E-state index in [0.717, 1.165) is 23.7 Å². The average molecular weight is 573 g/mol. The number of hydrogen-bond acceptors (Lipinski definition) is 6. The Kier molecular flexibility index (Phi) is 11.3. The van der Waals surface area contributed by atoms with Gasteiger partial charge in [-0.1, -0.05) is 52.0 Å². The summed E-state index contributed by atoms with van der Waals surface area (Å²) in [5.41, 5.74) is 3.28. The van der Waals surface area contributed by atoms with Gasteiger partial charge in [-0.2, -0.15) is 0 Å². The third-order valence-electron chi connectivity index (χ3n) is 6.37. The van der Waals surface area contributed by atoms with Crippen molar-refractivity contribution in [3.63, 3.8) is 0 Å². The molecule has 4 N–H and O–H groups in total. The molecule has 0 saturated heterocycles. The molecule has 0 bridgehead atoms. The summed E-state index contributed by atoms with van der Waals surface area (Å²) < 4.78 is 27.6. The minimum atomic E-state index is -1.05. The summed E-state index contributed by atoms with van der Waals surface area (Å²) in [4.78, 5) is 29.6. The third-order valence-corrected chi connectivity index (χ3v) is 7.13. The number of thiazole rings is 1. The number of nitrogens with zero attached hydrogens (tertiary/aromatic N) is 1. The second-order valence-electron chi connectivity index (χ2n) is 10.9. The normalized spacial score (nSPS) is 13.1. The van der Waals surface area contributed by atoms with Crippen LogP contribution in [0.3, 0.4) is 0 Å². The van der Waals surface area contributed by atoms with Gasteiger partial charge in [-0.25, -0.2) is 13.8 Å². The van der Waals surface area contributed by atoms with Crippen LogP contribution >= 0.6 is 11.3 Å². The van der Waals surface area contributed by atoms with Gasteiger partial charge < -0.3 is 21.1 Å². The fourth-order valence-electron chi connectivity index (χ4n) is 4.10. The number of aromatic nitrogens is 1. The number of aliphatic hydroxyl groups excluding tert-OH is 1. The van der Waals surface area contributed by atoms with Gasteiger partial charge in [-0.15, -0.1) is 11.3 Å². The summed E-state index contributed by atoms with van der Waals surface area (Å²) in [5, 5.41) is 21.9. The fourth-order valence-corrected chi connectivity index (χ4v) is 5.05. The van der Waals surface area contributed by atoms with Crippen molar-refractivity contribution in [1.82, 2.24) is 15.6 Å². The lowest BCUT2D eigenvalue weighted by atomic mass is 9.93. The van der Waals surface area contributed by atoms with Crippen LogP contribution in [0.5, 0.6) is 0 Å². The number of benzene rings is 2. The molecule has 216 valence electrons. The molecule has 10 heteroatoms. The van der Waals surface area contributed by atoms with Crippen LogP contribution < -0.4 is 16.0 Å². The van der Waals surface area contributed by atoms with Crippen molar-refractivity contribution in [2.45, 2.75) is 77.5 Å². The first-order valence-electron chi connectivity index (χ1n) is 13.4. The van der Waals surface area contributed by atoms with Gasteiger partial charge in [0.15, 0.2) is 5.13 Å². The lowest BCUT2D eigenvalue weighted by Crippen LogP contribution is -2.48. The van der Waals surface area contributed by atoms with Crippen LogP contribution in [0.4, 0.5) is 13.9 Å². The quantitative estimate of drug-likeness (QED) is 0.234. The average Bonchev–Trinajstić information content (AvgIpc) is 3.36. The third kappa shape index (κ3) is 10.1. The van der Waals surface area contributed by atoms with Crippen molar-refractivity contribution in [3.8, 4) is 0 Å². The van der Waals surface area contributed by atoms with Crippen LogP contribution in [0.15, 0.2) is 47.8 Å². The van der Waals surface area contributed by atoms with Gasteiger partial charge >= 0.3 is 0 Å². The van der Waals surface area contributed by atoms with Crippen LogP contribution in [0.25, 0.3) is 0 Å². The van der Waals surface area contributed by atoms with E-state index in [2.05, 4.69) is 33.9 Å². The second kappa shape index (κ2) is 14.4. The Morgan fingerprint density at radius 2 is 1.68 bits per heavy atom. The van der Waals surface area contributed by atoms with E-state index in [4.69, 9.17) is 0 Å². The standard InChI is InChI=1S/C30H38F2N4O3S/c1-5-19-7-6-8-20(11-19)16-33-17-25(37)24(14-21-12-22(31)15-23(32)13-21)34-27(38)9-10-28(39)36-29-35-26(18-40-29)30(2,3)4/h6-8,11-13,15,18,24-25,33,37H,5,9-10,14,16-17H2,1-4H3,(H,34,38)(H,35,36,39)/t24-,25+/m1/s1. The van der Waals surface area contributed by atoms with E-state index >= 15 is 0 Å². The smallest absolute Gasteiger partial charge is 0.226 e. The Bertz CT molecular complexity index is 1270. The SMILES string of the molecule is CCc1cccc(CNC[C@H](O)[C@@H](Cc2cc(F)cc(F)c2)NC(=O)CCC(=O)Nc2nc(C(C)(C)C)cs2)c1. The van der Waals surface area contributed by atoms with Gasteiger partial charge in [-0.3, -0.25) is 9.59 Å². The van der Waals surface area contributed by atoms with Gasteiger partial charge in [0.1, 0.15) is 11.6 Å². The Balaban J connectivity index is 1.58. The monoisotopic (exact) mass is 572 g/mol. The Labute approximate surface area is 238 Å². The van der Waals surface area contributed by atoms with Gasteiger partial charge in [-0.05, 0) is 41.7 Å². The molecule has 7 nitrogen and oxygen atoms in total. The first kappa shape index (κ1) is 31.3. The van der Waals surface area contributed by atoms with Crippen molar-refractivity contribution in [1.29, 1.82) is 0 Å². The zero-order valence-electron chi connectivity index (χ0n) is 23.4. The lowest BCUT2D eigenvalue weighted by molar-refractivity contribution is -0.125. The summed E-state index contributed by atoms with van der Waals surface area (Å²) in [7, 11) is 0. The number of hydrogen-bond donors (Lipinski definition) is 4. The predicted molar refractivity (Wildman–Crippen MR) is 154 cm³/mol. The maximum atomic E-state index is 13.8. The number of aliphatic hydroxyl groups is 1. The van der Waals surface area contributed by atoms with Gasteiger partial charge in [0, 0.05) is 42.8 Å². The summed E-state index contributed by atoms with van der Waals surface area (Å²) in [5.74, 6) is -2.29. The second-order valence-corrected chi connectivity index (χ2v) is 11.7. The maximum absolute atomic E-state index is 13.8. The molecule has 0 aliphatic heterocycles. The van der Waals surface area contributed by atoms with E-state index in [1.165, 1.54) is 29.0 Å². The van der Waals surface area contributed by atoms with Gasteiger partial charge in [0.25, 0.3) is 0 Å². The lowest BCUT2D eigenvalue weighted by Gasteiger charge is -2.25. The fraction of sp³-hybridized carbons (Fsp3) is 0.433. The van der Waals surface area contributed by atoms with Crippen LogP contribution in [-0.2, 0) is 34.4 Å². The molecule has 0 radical (unpaired) electrons. The van der Waals surface area contributed by atoms with E-state index in [1.807, 2.05) is 44.4 Å². The number of amides is 2. The van der Waals surface area contributed by atoms with Crippen molar-refractivity contribution in [2.75, 3.05) is 11.9 Å². The minimum absolute atomic E-state index is 0.00940. The van der Waals surface area contributed by atoms with Crippen LogP contribution in [0.2, 0.25) is 0 Å². The Morgan fingerprint density at radius 1 is 1.00 bits per heavy atom. The highest BCUT2D eigenvalue weighted by Crippen LogP contribution is 2.26. The number of halogens is 2. The van der Waals surface area contributed by atoms with E-state index in [-0.39, 0.29) is 37.1 Å². The molecule has 2 aromatic carbocycles. The zero-order chi connectivity index (χ0) is 29.3. The molecule has 0 unspecified atom stereocenters. The van der Waals surface area contributed by atoms with E-state index in [9.17, 15) is 23.5 Å². The molecule has 0 aliphatic rings. The molecular weight excluding hydrogens is 534 g/mol. The molecular formula is C30H38F2N4O3S. The Hall–Kier alpha value is -3.21. The highest BCUT2D eigenvalue weighted by molar-refractivity contribution is 7.13. The molecule has 0 spiro atoms. The van der Waals surface area contributed by atoms with Crippen molar-refractivity contribution in [3.05, 3.63) is 81.9 Å². The van der Waals surface area contributed by atoms with E-state index < -0.39 is 29.7 Å². The number of nitrogens with one attached hydrogen (secondary N) is 3. The molecule has 0 saturated carbocycles. The highest BCUT2D eigenvalue weighted by atomic mass is 32.1. The highest BCUT2D eigenvalue weighted by Gasteiger charge is 2.23. The van der Waals surface area contributed by atoms with E-state index in [0.29, 0.717) is 17.2 Å². The summed E-state index contributed by atoms with van der Waals surface area (Å²) in [6.45, 7) is 8.80.